The van der Waals surface area contributed by atoms with Crippen LogP contribution in [0.15, 0.2) is 52.8 Å². The number of hydrogen-bond donors (Lipinski definition) is 1. The van der Waals surface area contributed by atoms with Gasteiger partial charge in [0.05, 0.1) is 24.4 Å². The molecule has 0 saturated heterocycles. The van der Waals surface area contributed by atoms with Crippen LogP contribution in [0.5, 0.6) is 5.75 Å². The number of ether oxygens (including phenoxy) is 1. The largest absolute Gasteiger partial charge is 0.494 e. The first kappa shape index (κ1) is 18.8. The van der Waals surface area contributed by atoms with Crippen molar-refractivity contribution in [1.29, 1.82) is 0 Å². The van der Waals surface area contributed by atoms with Crippen molar-refractivity contribution in [2.75, 3.05) is 11.9 Å². The van der Waals surface area contributed by atoms with E-state index in [1.54, 1.807) is 16.8 Å². The summed E-state index contributed by atoms with van der Waals surface area (Å²) in [6.45, 7) is 5.01. The highest BCUT2D eigenvalue weighted by atomic mass is 32.1. The summed E-state index contributed by atoms with van der Waals surface area (Å²) in [5.41, 5.74) is 2.22. The van der Waals surface area contributed by atoms with E-state index in [0.29, 0.717) is 24.5 Å². The third-order valence-electron chi connectivity index (χ3n) is 3.91. The van der Waals surface area contributed by atoms with Gasteiger partial charge in [-0.15, -0.1) is 11.3 Å². The van der Waals surface area contributed by atoms with Crippen molar-refractivity contribution < 1.29 is 9.53 Å². The van der Waals surface area contributed by atoms with Crippen LogP contribution in [0, 0.1) is 0 Å². The fourth-order valence-electron chi connectivity index (χ4n) is 2.60. The number of anilines is 1. The summed E-state index contributed by atoms with van der Waals surface area (Å²) in [5, 5.41) is 5.56. The molecule has 3 rings (SSSR count). The second kappa shape index (κ2) is 8.64. The standard InChI is InChI=1S/C20H21N3O3S/c1-3-23-12-15(7-10-19(23)25)21-18(24)11-16-13-27-20(22-16)14-5-8-17(9-6-14)26-4-2/h5-10,12-13H,3-4,11H2,1-2H3,(H,21,24). The molecular weight excluding hydrogens is 362 g/mol. The molecule has 0 saturated carbocycles. The molecule has 1 N–H and O–H groups in total. The zero-order valence-electron chi connectivity index (χ0n) is 15.3. The summed E-state index contributed by atoms with van der Waals surface area (Å²) in [7, 11) is 0. The van der Waals surface area contributed by atoms with Crippen LogP contribution in [0.2, 0.25) is 0 Å². The van der Waals surface area contributed by atoms with E-state index in [9.17, 15) is 9.59 Å². The van der Waals surface area contributed by atoms with Crippen LogP contribution in [0.25, 0.3) is 10.6 Å². The highest BCUT2D eigenvalue weighted by Crippen LogP contribution is 2.26. The van der Waals surface area contributed by atoms with E-state index < -0.39 is 0 Å². The van der Waals surface area contributed by atoms with Crippen molar-refractivity contribution >= 4 is 22.9 Å². The Bertz CT molecular complexity index is 977. The number of carbonyl (C=O) groups excluding carboxylic acids is 1. The van der Waals surface area contributed by atoms with Crippen LogP contribution in [-0.4, -0.2) is 22.1 Å². The fraction of sp³-hybridized carbons (Fsp3) is 0.250. The zero-order valence-corrected chi connectivity index (χ0v) is 16.1. The third kappa shape index (κ3) is 4.83. The van der Waals surface area contributed by atoms with Gasteiger partial charge in [0.25, 0.3) is 5.56 Å². The number of amides is 1. The summed E-state index contributed by atoms with van der Waals surface area (Å²) in [6, 6.07) is 10.8. The molecular formula is C20H21N3O3S. The van der Waals surface area contributed by atoms with Crippen LogP contribution >= 0.6 is 11.3 Å². The third-order valence-corrected chi connectivity index (χ3v) is 4.85. The van der Waals surface area contributed by atoms with E-state index >= 15 is 0 Å². The maximum atomic E-state index is 12.3. The van der Waals surface area contributed by atoms with Gasteiger partial charge in [0.15, 0.2) is 0 Å². The molecule has 0 fully saturated rings. The van der Waals surface area contributed by atoms with Crippen molar-refractivity contribution in [3.05, 3.63) is 64.0 Å². The Kier molecular flexibility index (Phi) is 6.03. The molecule has 0 bridgehead atoms. The first-order valence-electron chi connectivity index (χ1n) is 8.77. The van der Waals surface area contributed by atoms with Crippen LogP contribution in [0.3, 0.4) is 0 Å². The lowest BCUT2D eigenvalue weighted by atomic mass is 10.2. The second-order valence-electron chi connectivity index (χ2n) is 5.87. The summed E-state index contributed by atoms with van der Waals surface area (Å²) < 4.78 is 6.99. The average molecular weight is 383 g/mol. The number of aryl methyl sites for hydroxylation is 1. The number of rotatable bonds is 7. The van der Waals surface area contributed by atoms with Crippen molar-refractivity contribution in [2.24, 2.45) is 0 Å². The first-order chi connectivity index (χ1) is 13.1. The Hall–Kier alpha value is -2.93. The van der Waals surface area contributed by atoms with Crippen LogP contribution in [0.4, 0.5) is 5.69 Å². The number of carbonyl (C=O) groups is 1. The van der Waals surface area contributed by atoms with Crippen LogP contribution in [0.1, 0.15) is 19.5 Å². The second-order valence-corrected chi connectivity index (χ2v) is 6.73. The van der Waals surface area contributed by atoms with Gasteiger partial charge in [-0.25, -0.2) is 4.98 Å². The van der Waals surface area contributed by atoms with E-state index in [1.165, 1.54) is 17.4 Å². The van der Waals surface area contributed by atoms with Crippen molar-refractivity contribution in [2.45, 2.75) is 26.8 Å². The number of thiazole rings is 1. The molecule has 0 aliphatic heterocycles. The zero-order chi connectivity index (χ0) is 19.2. The van der Waals surface area contributed by atoms with Gasteiger partial charge in [0, 0.05) is 29.8 Å². The summed E-state index contributed by atoms with van der Waals surface area (Å²) in [5.74, 6) is 0.658. The number of hydrogen-bond acceptors (Lipinski definition) is 5. The highest BCUT2D eigenvalue weighted by molar-refractivity contribution is 7.13. The summed E-state index contributed by atoms with van der Waals surface area (Å²) in [6.07, 6.45) is 1.82. The molecule has 0 unspecified atom stereocenters. The Morgan fingerprint density at radius 1 is 1.19 bits per heavy atom. The minimum absolute atomic E-state index is 0.0880. The smallest absolute Gasteiger partial charge is 0.250 e. The molecule has 6 nitrogen and oxygen atoms in total. The van der Waals surface area contributed by atoms with Crippen molar-refractivity contribution in [1.82, 2.24) is 9.55 Å². The lowest BCUT2D eigenvalue weighted by Crippen LogP contribution is -2.20. The Labute approximate surface area is 161 Å². The van der Waals surface area contributed by atoms with Crippen molar-refractivity contribution in [3.8, 4) is 16.3 Å². The molecule has 1 amide bonds. The number of nitrogens with zero attached hydrogens (tertiary/aromatic N) is 2. The molecule has 1 aromatic carbocycles. The first-order valence-corrected chi connectivity index (χ1v) is 9.65. The lowest BCUT2D eigenvalue weighted by Gasteiger charge is -2.07. The van der Waals surface area contributed by atoms with E-state index in [2.05, 4.69) is 10.3 Å². The molecule has 140 valence electrons. The Balaban J connectivity index is 1.64. The van der Waals surface area contributed by atoms with Gasteiger partial charge >= 0.3 is 0 Å². The number of nitrogens with one attached hydrogen (secondary N) is 1. The Morgan fingerprint density at radius 2 is 1.96 bits per heavy atom. The van der Waals surface area contributed by atoms with Gasteiger partial charge in [0.2, 0.25) is 5.91 Å². The quantitative estimate of drug-likeness (QED) is 0.677. The molecule has 2 heterocycles. The van der Waals surface area contributed by atoms with Crippen LogP contribution in [-0.2, 0) is 17.8 Å². The van der Waals surface area contributed by atoms with Crippen molar-refractivity contribution in [3.63, 3.8) is 0 Å². The minimum atomic E-state index is -0.167. The molecule has 0 spiro atoms. The average Bonchev–Trinajstić information content (AvgIpc) is 3.12. The van der Waals surface area contributed by atoms with Crippen LogP contribution < -0.4 is 15.6 Å². The molecule has 0 aliphatic rings. The topological polar surface area (TPSA) is 73.2 Å². The SMILES string of the molecule is CCOc1ccc(-c2nc(CC(=O)Nc3ccc(=O)n(CC)c3)cs2)cc1. The van der Waals surface area contributed by atoms with E-state index in [0.717, 1.165) is 16.3 Å². The monoisotopic (exact) mass is 383 g/mol. The number of aromatic nitrogens is 2. The fourth-order valence-corrected chi connectivity index (χ4v) is 3.43. The summed E-state index contributed by atoms with van der Waals surface area (Å²) in [4.78, 5) is 28.4. The molecule has 0 atom stereocenters. The highest BCUT2D eigenvalue weighted by Gasteiger charge is 2.10. The molecule has 7 heteroatoms. The maximum absolute atomic E-state index is 12.3. The predicted molar refractivity (Wildman–Crippen MR) is 107 cm³/mol. The number of benzene rings is 1. The summed E-state index contributed by atoms with van der Waals surface area (Å²) >= 11 is 1.50. The van der Waals surface area contributed by atoms with Gasteiger partial charge < -0.3 is 14.6 Å². The van der Waals surface area contributed by atoms with Gasteiger partial charge in [-0.1, -0.05) is 0 Å². The Morgan fingerprint density at radius 3 is 2.67 bits per heavy atom. The van der Waals surface area contributed by atoms with Gasteiger partial charge in [-0.3, -0.25) is 9.59 Å². The van der Waals surface area contributed by atoms with Gasteiger partial charge in [0.1, 0.15) is 10.8 Å². The van der Waals surface area contributed by atoms with Gasteiger partial charge in [-0.05, 0) is 44.2 Å². The molecule has 27 heavy (non-hydrogen) atoms. The van der Waals surface area contributed by atoms with E-state index in [1.807, 2.05) is 43.5 Å². The normalized spacial score (nSPS) is 10.6. The maximum Gasteiger partial charge on any atom is 0.250 e. The lowest BCUT2D eigenvalue weighted by molar-refractivity contribution is -0.115. The van der Waals surface area contributed by atoms with Gasteiger partial charge in [-0.2, -0.15) is 0 Å². The van der Waals surface area contributed by atoms with E-state index in [-0.39, 0.29) is 17.9 Å². The minimum Gasteiger partial charge on any atom is -0.494 e. The molecule has 0 aliphatic carbocycles. The molecule has 0 radical (unpaired) electrons. The molecule has 2 aromatic heterocycles. The predicted octanol–water partition coefficient (Wildman–Crippen LogP) is 3.57. The molecule has 3 aromatic rings. The number of pyridine rings is 1. The van der Waals surface area contributed by atoms with E-state index in [4.69, 9.17) is 4.74 Å².